The van der Waals surface area contributed by atoms with Gasteiger partial charge in [0.15, 0.2) is 5.76 Å². The van der Waals surface area contributed by atoms with E-state index in [0.717, 1.165) is 15.4 Å². The van der Waals surface area contributed by atoms with Gasteiger partial charge in [-0.15, -0.1) is 0 Å². The molecule has 28 heavy (non-hydrogen) atoms. The summed E-state index contributed by atoms with van der Waals surface area (Å²) in [6.45, 7) is 4.27. The van der Waals surface area contributed by atoms with Crippen LogP contribution in [0.4, 0.5) is 0 Å². The largest absolute Gasteiger partial charge is 0.451 e. The van der Waals surface area contributed by atoms with Gasteiger partial charge < -0.3 is 8.98 Å². The van der Waals surface area contributed by atoms with Crippen LogP contribution in [0.1, 0.15) is 65.7 Å². The molecule has 2 heterocycles. The van der Waals surface area contributed by atoms with E-state index in [1.54, 1.807) is 12.3 Å². The summed E-state index contributed by atoms with van der Waals surface area (Å²) in [5.74, 6) is -0.109. The topological polar surface area (TPSA) is 59.5 Å². The van der Waals surface area contributed by atoms with E-state index >= 15 is 0 Å². The zero-order valence-electron chi connectivity index (χ0n) is 16.2. The van der Waals surface area contributed by atoms with E-state index in [1.165, 1.54) is 43.5 Å². The molecule has 0 aliphatic heterocycles. The van der Waals surface area contributed by atoms with Crippen LogP contribution in [0, 0.1) is 13.8 Å². The maximum Gasteiger partial charge on any atom is 0.307 e. The Bertz CT molecular complexity index is 1040. The highest BCUT2D eigenvalue weighted by atomic mass is 79.9. The predicted octanol–water partition coefficient (Wildman–Crippen LogP) is 5.88. The van der Waals surface area contributed by atoms with Crippen molar-refractivity contribution < 1.29 is 9.21 Å². The summed E-state index contributed by atoms with van der Waals surface area (Å²) in [6, 6.07) is 10.1. The number of nitrogens with zero attached hydrogens (tertiary/aromatic N) is 2. The van der Waals surface area contributed by atoms with Crippen molar-refractivity contribution in [3.05, 3.63) is 57.5 Å². The number of benzene rings is 1. The van der Waals surface area contributed by atoms with Gasteiger partial charge in [-0.05, 0) is 57.0 Å². The Kier molecular flexibility index (Phi) is 5.40. The van der Waals surface area contributed by atoms with Gasteiger partial charge in [0, 0.05) is 32.9 Å². The molecule has 1 amide bonds. The molecule has 0 spiro atoms. The van der Waals surface area contributed by atoms with Crippen LogP contribution < -0.4 is 5.43 Å². The lowest BCUT2D eigenvalue weighted by Crippen LogP contribution is -2.17. The summed E-state index contributed by atoms with van der Waals surface area (Å²) < 4.78 is 8.98. The number of furan rings is 1. The number of rotatable bonds is 4. The lowest BCUT2D eigenvalue weighted by atomic mass is 9.95. The average molecular weight is 442 g/mol. The summed E-state index contributed by atoms with van der Waals surface area (Å²) >= 11 is 3.42. The van der Waals surface area contributed by atoms with Crippen molar-refractivity contribution in [2.24, 2.45) is 5.10 Å². The second-order valence-electron chi connectivity index (χ2n) is 7.48. The second-order valence-corrected chi connectivity index (χ2v) is 8.40. The van der Waals surface area contributed by atoms with Crippen LogP contribution in [0.15, 0.2) is 44.3 Å². The number of hydrogen-bond donors (Lipinski definition) is 1. The minimum atomic E-state index is -0.357. The lowest BCUT2D eigenvalue weighted by Gasteiger charge is -2.26. The summed E-state index contributed by atoms with van der Waals surface area (Å²) in [6.07, 6.45) is 8.15. The minimum absolute atomic E-state index is 0.248. The van der Waals surface area contributed by atoms with Gasteiger partial charge in [-0.2, -0.15) is 5.10 Å². The molecule has 5 nitrogen and oxygen atoms in total. The van der Waals surface area contributed by atoms with Crippen molar-refractivity contribution in [3.63, 3.8) is 0 Å². The summed E-state index contributed by atoms with van der Waals surface area (Å²) in [5, 5.41) is 5.03. The number of nitrogens with one attached hydrogen (secondary N) is 1. The molecule has 0 radical (unpaired) electrons. The standard InChI is InChI=1S/C22H24BrN3O2/c1-14-10-17(15(2)26(14)19-6-4-3-5-7-19)13-24-25-22(27)21-12-16-11-18(23)8-9-20(16)28-21/h8-13,19H,3-7H2,1-2H3,(H,25,27). The highest BCUT2D eigenvalue weighted by molar-refractivity contribution is 9.10. The van der Waals surface area contributed by atoms with E-state index in [-0.39, 0.29) is 11.7 Å². The molecule has 1 N–H and O–H groups in total. The smallest absolute Gasteiger partial charge is 0.307 e. The first-order chi connectivity index (χ1) is 13.5. The van der Waals surface area contributed by atoms with Crippen molar-refractivity contribution in [1.82, 2.24) is 9.99 Å². The maximum atomic E-state index is 12.4. The van der Waals surface area contributed by atoms with Gasteiger partial charge in [0.1, 0.15) is 5.58 Å². The fourth-order valence-electron chi connectivity index (χ4n) is 4.18. The van der Waals surface area contributed by atoms with Crippen LogP contribution in [-0.4, -0.2) is 16.7 Å². The van der Waals surface area contributed by atoms with Crippen LogP contribution in [-0.2, 0) is 0 Å². The predicted molar refractivity (Wildman–Crippen MR) is 115 cm³/mol. The highest BCUT2D eigenvalue weighted by Crippen LogP contribution is 2.31. The first-order valence-corrected chi connectivity index (χ1v) is 10.5. The van der Waals surface area contributed by atoms with E-state index in [9.17, 15) is 4.79 Å². The summed E-state index contributed by atoms with van der Waals surface area (Å²) in [4.78, 5) is 12.4. The third-order valence-electron chi connectivity index (χ3n) is 5.54. The minimum Gasteiger partial charge on any atom is -0.451 e. The maximum absolute atomic E-state index is 12.4. The van der Waals surface area contributed by atoms with Gasteiger partial charge >= 0.3 is 5.91 Å². The van der Waals surface area contributed by atoms with Crippen LogP contribution in [0.3, 0.4) is 0 Å². The van der Waals surface area contributed by atoms with Crippen molar-refractivity contribution in [3.8, 4) is 0 Å². The van der Waals surface area contributed by atoms with Gasteiger partial charge in [-0.25, -0.2) is 5.43 Å². The molecule has 0 bridgehead atoms. The van der Waals surface area contributed by atoms with Gasteiger partial charge in [-0.1, -0.05) is 35.2 Å². The number of amides is 1. The average Bonchev–Trinajstić information content (AvgIpc) is 3.22. The monoisotopic (exact) mass is 441 g/mol. The molecule has 2 aromatic heterocycles. The molecule has 6 heteroatoms. The zero-order chi connectivity index (χ0) is 19.7. The van der Waals surface area contributed by atoms with Crippen molar-refractivity contribution in [1.29, 1.82) is 0 Å². The molecule has 1 fully saturated rings. The molecule has 1 saturated carbocycles. The van der Waals surface area contributed by atoms with Crippen molar-refractivity contribution in [2.45, 2.75) is 52.0 Å². The Morgan fingerprint density at radius 2 is 2.00 bits per heavy atom. The van der Waals surface area contributed by atoms with E-state index in [2.05, 4.69) is 50.9 Å². The van der Waals surface area contributed by atoms with Gasteiger partial charge in [0.05, 0.1) is 6.21 Å². The molecule has 0 unspecified atom stereocenters. The molecule has 0 saturated heterocycles. The second kappa shape index (κ2) is 7.95. The third-order valence-corrected chi connectivity index (χ3v) is 6.03. The number of halogens is 1. The highest BCUT2D eigenvalue weighted by Gasteiger charge is 2.19. The third kappa shape index (κ3) is 3.78. The number of aryl methyl sites for hydroxylation is 1. The van der Waals surface area contributed by atoms with E-state index in [4.69, 9.17) is 4.42 Å². The van der Waals surface area contributed by atoms with E-state index in [0.29, 0.717) is 11.6 Å². The quantitative estimate of drug-likeness (QED) is 0.405. The molecular formula is C22H24BrN3O2. The zero-order valence-corrected chi connectivity index (χ0v) is 17.8. The van der Waals surface area contributed by atoms with Crippen LogP contribution in [0.5, 0.6) is 0 Å². The Hall–Kier alpha value is -2.34. The molecule has 4 rings (SSSR count). The first kappa shape index (κ1) is 19.0. The Labute approximate surface area is 172 Å². The number of carbonyl (C=O) groups excluding carboxylic acids is 1. The fraction of sp³-hybridized carbons (Fsp3) is 0.364. The summed E-state index contributed by atoms with van der Waals surface area (Å²) in [5.41, 5.74) is 6.74. The van der Waals surface area contributed by atoms with Crippen LogP contribution >= 0.6 is 15.9 Å². The fourth-order valence-corrected chi connectivity index (χ4v) is 4.55. The molecule has 1 aliphatic rings. The number of aromatic nitrogens is 1. The Balaban J connectivity index is 1.47. The van der Waals surface area contributed by atoms with Gasteiger partial charge in [-0.3, -0.25) is 4.79 Å². The number of fused-ring (bicyclic) bond motifs is 1. The van der Waals surface area contributed by atoms with Crippen molar-refractivity contribution in [2.75, 3.05) is 0 Å². The molecule has 1 aliphatic carbocycles. The van der Waals surface area contributed by atoms with Crippen LogP contribution in [0.25, 0.3) is 11.0 Å². The van der Waals surface area contributed by atoms with Crippen LogP contribution in [0.2, 0.25) is 0 Å². The molecule has 0 atom stereocenters. The molecule has 3 aromatic rings. The SMILES string of the molecule is Cc1cc(C=NNC(=O)c2cc3cc(Br)ccc3o2)c(C)n1C1CCCCC1. The van der Waals surface area contributed by atoms with E-state index in [1.807, 2.05) is 18.2 Å². The number of hydrogen-bond acceptors (Lipinski definition) is 3. The summed E-state index contributed by atoms with van der Waals surface area (Å²) in [7, 11) is 0. The van der Waals surface area contributed by atoms with Crippen molar-refractivity contribution >= 4 is 39.0 Å². The number of carbonyl (C=O) groups is 1. The van der Waals surface area contributed by atoms with E-state index < -0.39 is 0 Å². The molecule has 1 aromatic carbocycles. The number of hydrazone groups is 1. The lowest BCUT2D eigenvalue weighted by molar-refractivity contribution is 0.0929. The first-order valence-electron chi connectivity index (χ1n) is 9.74. The Morgan fingerprint density at radius 1 is 1.21 bits per heavy atom. The van der Waals surface area contributed by atoms with Gasteiger partial charge in [0.2, 0.25) is 0 Å². The normalized spacial score (nSPS) is 15.5. The molecular weight excluding hydrogens is 418 g/mol. The molecule has 146 valence electrons. The Morgan fingerprint density at radius 3 is 2.79 bits per heavy atom. The van der Waals surface area contributed by atoms with Gasteiger partial charge in [0.25, 0.3) is 0 Å².